The Morgan fingerprint density at radius 1 is 1.26 bits per heavy atom. The summed E-state index contributed by atoms with van der Waals surface area (Å²) in [6, 6.07) is 5.91. The van der Waals surface area contributed by atoms with Crippen molar-refractivity contribution in [1.29, 1.82) is 0 Å². The smallest absolute Gasteiger partial charge is 0.251 e. The molecule has 2 aromatic rings. The van der Waals surface area contributed by atoms with E-state index in [-0.39, 0.29) is 10.8 Å². The van der Waals surface area contributed by atoms with Gasteiger partial charge < -0.3 is 9.88 Å². The Morgan fingerprint density at radius 2 is 1.96 bits per heavy atom. The third kappa shape index (κ3) is 4.40. The molecule has 7 nitrogen and oxygen atoms in total. The van der Waals surface area contributed by atoms with Crippen LogP contribution in [0.1, 0.15) is 16.8 Å². The largest absolute Gasteiger partial charge is 0.352 e. The maximum absolute atomic E-state index is 12.0. The summed E-state index contributed by atoms with van der Waals surface area (Å²) >= 11 is 0. The normalized spacial score (nSPS) is 11.6. The van der Waals surface area contributed by atoms with E-state index in [1.807, 2.05) is 10.8 Å². The Kier molecular flexibility index (Phi) is 5.51. The van der Waals surface area contributed by atoms with Crippen LogP contribution < -0.4 is 5.32 Å². The minimum Gasteiger partial charge on any atom is -0.352 e. The lowest BCUT2D eigenvalue weighted by Gasteiger charge is -2.11. The fraction of sp³-hybridized carbons (Fsp3) is 0.333. The molecule has 0 bridgehead atoms. The van der Waals surface area contributed by atoms with Gasteiger partial charge in [-0.15, -0.1) is 0 Å². The summed E-state index contributed by atoms with van der Waals surface area (Å²) in [5.74, 6) is -0.218. The van der Waals surface area contributed by atoms with Gasteiger partial charge in [0.1, 0.15) is 0 Å². The molecule has 1 N–H and O–H groups in total. The van der Waals surface area contributed by atoms with Gasteiger partial charge in [-0.05, 0) is 30.7 Å². The minimum absolute atomic E-state index is 0.166. The standard InChI is InChI=1S/C15H20N4O3S/c1-18(2)23(21,22)14-6-4-13(5-7-14)15(20)17-8-3-10-19-11-9-16-12-19/h4-7,9,11-12H,3,8,10H2,1-2H3,(H,17,20). The van der Waals surface area contributed by atoms with Crippen LogP contribution in [0.25, 0.3) is 0 Å². The number of carbonyl (C=O) groups excluding carboxylic acids is 1. The van der Waals surface area contributed by atoms with Gasteiger partial charge in [-0.3, -0.25) is 4.79 Å². The molecule has 0 spiro atoms. The number of hydrogen-bond donors (Lipinski definition) is 1. The number of aromatic nitrogens is 2. The topological polar surface area (TPSA) is 84.3 Å². The van der Waals surface area contributed by atoms with E-state index in [0.717, 1.165) is 17.3 Å². The molecule has 1 aromatic carbocycles. The van der Waals surface area contributed by atoms with Crippen molar-refractivity contribution in [3.05, 3.63) is 48.5 Å². The number of imidazole rings is 1. The Balaban J connectivity index is 1.88. The predicted octanol–water partition coefficient (Wildman–Crippen LogP) is 0.953. The molecule has 2 rings (SSSR count). The molecule has 0 saturated carbocycles. The second-order valence-corrected chi connectivity index (χ2v) is 7.37. The fourth-order valence-corrected chi connectivity index (χ4v) is 2.88. The minimum atomic E-state index is -3.47. The highest BCUT2D eigenvalue weighted by Crippen LogP contribution is 2.13. The van der Waals surface area contributed by atoms with Gasteiger partial charge in [0.05, 0.1) is 11.2 Å². The Labute approximate surface area is 136 Å². The van der Waals surface area contributed by atoms with Crippen LogP contribution in [0.2, 0.25) is 0 Å². The molecule has 1 aromatic heterocycles. The van der Waals surface area contributed by atoms with E-state index in [2.05, 4.69) is 10.3 Å². The molecule has 124 valence electrons. The number of sulfonamides is 1. The third-order valence-corrected chi connectivity index (χ3v) is 5.16. The van der Waals surface area contributed by atoms with Gasteiger partial charge in [-0.25, -0.2) is 17.7 Å². The first-order valence-corrected chi connectivity index (χ1v) is 8.62. The molecule has 0 aliphatic heterocycles. The zero-order chi connectivity index (χ0) is 16.9. The zero-order valence-electron chi connectivity index (χ0n) is 13.1. The van der Waals surface area contributed by atoms with E-state index in [0.29, 0.717) is 12.1 Å². The molecule has 0 aliphatic carbocycles. The highest BCUT2D eigenvalue weighted by atomic mass is 32.2. The molecule has 1 amide bonds. The summed E-state index contributed by atoms with van der Waals surface area (Å²) in [6.07, 6.45) is 6.09. The van der Waals surface area contributed by atoms with Crippen molar-refractivity contribution in [3.63, 3.8) is 0 Å². The van der Waals surface area contributed by atoms with Gasteiger partial charge >= 0.3 is 0 Å². The lowest BCUT2D eigenvalue weighted by molar-refractivity contribution is 0.0952. The summed E-state index contributed by atoms with van der Waals surface area (Å²) in [7, 11) is -0.535. The number of hydrogen-bond acceptors (Lipinski definition) is 4. The number of benzene rings is 1. The third-order valence-electron chi connectivity index (χ3n) is 3.33. The highest BCUT2D eigenvalue weighted by molar-refractivity contribution is 7.89. The summed E-state index contributed by atoms with van der Waals surface area (Å²) in [5, 5.41) is 2.81. The van der Waals surface area contributed by atoms with Crippen LogP contribution in [0, 0.1) is 0 Å². The van der Waals surface area contributed by atoms with Crippen molar-refractivity contribution < 1.29 is 13.2 Å². The summed E-state index contributed by atoms with van der Waals surface area (Å²) in [5.41, 5.74) is 0.435. The maximum atomic E-state index is 12.0. The van der Waals surface area contributed by atoms with Crippen LogP contribution in [0.15, 0.2) is 47.9 Å². The maximum Gasteiger partial charge on any atom is 0.251 e. The molecule has 0 fully saturated rings. The first kappa shape index (κ1) is 17.2. The average Bonchev–Trinajstić information content (AvgIpc) is 3.04. The summed E-state index contributed by atoms with van der Waals surface area (Å²) < 4.78 is 27.0. The van der Waals surface area contributed by atoms with Crippen molar-refractivity contribution in [3.8, 4) is 0 Å². The van der Waals surface area contributed by atoms with Crippen molar-refractivity contribution in [1.82, 2.24) is 19.2 Å². The van der Waals surface area contributed by atoms with E-state index in [1.54, 1.807) is 12.5 Å². The van der Waals surface area contributed by atoms with E-state index in [1.165, 1.54) is 38.4 Å². The van der Waals surface area contributed by atoms with Gasteiger partial charge in [0.25, 0.3) is 5.91 Å². The molecule has 0 atom stereocenters. The van der Waals surface area contributed by atoms with Crippen molar-refractivity contribution in [2.24, 2.45) is 0 Å². The molecule has 0 radical (unpaired) electrons. The lowest BCUT2D eigenvalue weighted by atomic mass is 10.2. The van der Waals surface area contributed by atoms with Crippen LogP contribution >= 0.6 is 0 Å². The van der Waals surface area contributed by atoms with Crippen LogP contribution in [0.5, 0.6) is 0 Å². The highest BCUT2D eigenvalue weighted by Gasteiger charge is 2.17. The van der Waals surface area contributed by atoms with E-state index in [9.17, 15) is 13.2 Å². The lowest BCUT2D eigenvalue weighted by Crippen LogP contribution is -2.25. The number of aryl methyl sites for hydroxylation is 1. The second-order valence-electron chi connectivity index (χ2n) is 5.22. The second kappa shape index (κ2) is 7.38. The quantitative estimate of drug-likeness (QED) is 0.763. The molecule has 0 aliphatic rings. The number of nitrogens with zero attached hydrogens (tertiary/aromatic N) is 3. The van der Waals surface area contributed by atoms with Gasteiger partial charge in [0, 0.05) is 45.1 Å². The Hall–Kier alpha value is -2.19. The Bertz CT molecular complexity index is 738. The Morgan fingerprint density at radius 3 is 2.52 bits per heavy atom. The van der Waals surface area contributed by atoms with Gasteiger partial charge in [0.2, 0.25) is 10.0 Å². The molecular weight excluding hydrogens is 316 g/mol. The molecule has 1 heterocycles. The van der Waals surface area contributed by atoms with E-state index < -0.39 is 10.0 Å². The van der Waals surface area contributed by atoms with E-state index in [4.69, 9.17) is 0 Å². The summed E-state index contributed by atoms with van der Waals surface area (Å²) in [4.78, 5) is 16.1. The molecule has 8 heteroatoms. The van der Waals surface area contributed by atoms with Crippen molar-refractivity contribution >= 4 is 15.9 Å². The van der Waals surface area contributed by atoms with Crippen molar-refractivity contribution in [2.45, 2.75) is 17.9 Å². The number of amides is 1. The first-order chi connectivity index (χ1) is 10.9. The predicted molar refractivity (Wildman–Crippen MR) is 86.5 cm³/mol. The number of carbonyl (C=O) groups is 1. The van der Waals surface area contributed by atoms with E-state index >= 15 is 0 Å². The number of nitrogens with one attached hydrogen (secondary N) is 1. The van der Waals surface area contributed by atoms with Crippen LogP contribution in [-0.4, -0.2) is 48.8 Å². The fourth-order valence-electron chi connectivity index (χ4n) is 1.97. The molecular formula is C15H20N4O3S. The number of rotatable bonds is 7. The average molecular weight is 336 g/mol. The monoisotopic (exact) mass is 336 g/mol. The molecule has 0 saturated heterocycles. The van der Waals surface area contributed by atoms with Crippen molar-refractivity contribution in [2.75, 3.05) is 20.6 Å². The summed E-state index contributed by atoms with van der Waals surface area (Å²) in [6.45, 7) is 1.31. The van der Waals surface area contributed by atoms with Crippen LogP contribution in [0.4, 0.5) is 0 Å². The van der Waals surface area contributed by atoms with Crippen LogP contribution in [-0.2, 0) is 16.6 Å². The zero-order valence-corrected chi connectivity index (χ0v) is 14.0. The van der Waals surface area contributed by atoms with Gasteiger partial charge in [-0.2, -0.15) is 0 Å². The molecule has 0 unspecified atom stereocenters. The first-order valence-electron chi connectivity index (χ1n) is 7.18. The van der Waals surface area contributed by atoms with Gasteiger partial charge in [0.15, 0.2) is 0 Å². The van der Waals surface area contributed by atoms with Gasteiger partial charge in [-0.1, -0.05) is 0 Å². The SMILES string of the molecule is CN(C)S(=O)(=O)c1ccc(C(=O)NCCCn2ccnc2)cc1. The van der Waals surface area contributed by atoms with Crippen LogP contribution in [0.3, 0.4) is 0 Å². The molecule has 23 heavy (non-hydrogen) atoms.